The second-order valence-electron chi connectivity index (χ2n) is 5.91. The van der Waals surface area contributed by atoms with Crippen LogP contribution in [0.25, 0.3) is 0 Å². The monoisotopic (exact) mass is 286 g/mol. The summed E-state index contributed by atoms with van der Waals surface area (Å²) in [5.74, 6) is 0. The Morgan fingerprint density at radius 1 is 1.05 bits per heavy atom. The van der Waals surface area contributed by atoms with E-state index in [-0.39, 0.29) is 0 Å². The number of nitrogens with zero attached hydrogens (tertiary/aromatic N) is 3. The first-order valence-electron chi connectivity index (χ1n) is 8.03. The Morgan fingerprint density at radius 2 is 1.81 bits per heavy atom. The van der Waals surface area contributed by atoms with Crippen molar-refractivity contribution in [2.45, 2.75) is 13.3 Å². The van der Waals surface area contributed by atoms with Crippen LogP contribution in [-0.2, 0) is 0 Å². The van der Waals surface area contributed by atoms with Crippen LogP contribution in [0.15, 0.2) is 36.0 Å². The summed E-state index contributed by atoms with van der Waals surface area (Å²) in [5, 5.41) is 0. The number of piperazine rings is 1. The van der Waals surface area contributed by atoms with Gasteiger partial charge in [0.25, 0.3) is 0 Å². The van der Waals surface area contributed by atoms with Crippen molar-refractivity contribution in [3.63, 3.8) is 0 Å². The summed E-state index contributed by atoms with van der Waals surface area (Å²) >= 11 is 0. The Bertz CT molecular complexity index is 503. The fourth-order valence-electron chi connectivity index (χ4n) is 3.25. The molecule has 0 saturated carbocycles. The second-order valence-corrected chi connectivity index (χ2v) is 5.91. The average Bonchev–Trinajstić information content (AvgIpc) is 2.55. The zero-order valence-electron chi connectivity index (χ0n) is 13.0. The van der Waals surface area contributed by atoms with E-state index in [1.54, 1.807) is 5.70 Å². The zero-order chi connectivity index (χ0) is 14.7. The first kappa shape index (κ1) is 14.3. The molecule has 1 aromatic rings. The molecule has 0 unspecified atom stereocenters. The molecule has 2 aliphatic rings. The molecule has 4 heteroatoms. The number of hydrogen-bond donors (Lipinski definition) is 1. The number of likely N-dealkylation sites (N-methyl/N-ethyl adjacent to an activating group) is 1. The van der Waals surface area contributed by atoms with Crippen molar-refractivity contribution in [1.82, 2.24) is 9.80 Å². The third kappa shape index (κ3) is 3.32. The summed E-state index contributed by atoms with van der Waals surface area (Å²) in [5.41, 5.74) is 9.54. The van der Waals surface area contributed by atoms with Gasteiger partial charge in [0.15, 0.2) is 0 Å². The predicted molar refractivity (Wildman–Crippen MR) is 89.5 cm³/mol. The van der Waals surface area contributed by atoms with E-state index in [0.29, 0.717) is 0 Å². The number of nitrogen functional groups attached to an aromatic ring is 1. The summed E-state index contributed by atoms with van der Waals surface area (Å²) < 4.78 is 0. The average molecular weight is 286 g/mol. The van der Waals surface area contributed by atoms with Gasteiger partial charge in [0.05, 0.1) is 0 Å². The quantitative estimate of drug-likeness (QED) is 0.862. The fraction of sp³-hybridized carbons (Fsp3) is 0.529. The number of benzene rings is 1. The first-order valence-corrected chi connectivity index (χ1v) is 8.03. The van der Waals surface area contributed by atoms with E-state index >= 15 is 0 Å². The van der Waals surface area contributed by atoms with E-state index in [4.69, 9.17) is 5.73 Å². The SMILES string of the molecule is CCN1CC=C(N2CCN(c3cccc(N)c3)CC2)CC1. The minimum absolute atomic E-state index is 0.851. The highest BCUT2D eigenvalue weighted by Gasteiger charge is 2.21. The Balaban J connectivity index is 1.57. The molecule has 0 bridgehead atoms. The van der Waals surface area contributed by atoms with Crippen LogP contribution >= 0.6 is 0 Å². The maximum atomic E-state index is 5.88. The molecule has 0 spiro atoms. The van der Waals surface area contributed by atoms with Crippen LogP contribution in [0.5, 0.6) is 0 Å². The number of rotatable bonds is 3. The van der Waals surface area contributed by atoms with E-state index in [2.05, 4.69) is 39.8 Å². The number of anilines is 2. The van der Waals surface area contributed by atoms with Gasteiger partial charge < -0.3 is 15.5 Å². The molecule has 2 aliphatic heterocycles. The van der Waals surface area contributed by atoms with Crippen LogP contribution in [0.3, 0.4) is 0 Å². The normalized spacial score (nSPS) is 20.5. The molecule has 0 amide bonds. The van der Waals surface area contributed by atoms with Gasteiger partial charge in [0.1, 0.15) is 0 Å². The van der Waals surface area contributed by atoms with Crippen LogP contribution in [0.1, 0.15) is 13.3 Å². The lowest BCUT2D eigenvalue weighted by molar-refractivity contribution is 0.254. The van der Waals surface area contributed by atoms with Crippen LogP contribution in [-0.4, -0.2) is 55.6 Å². The van der Waals surface area contributed by atoms with Crippen LogP contribution in [0, 0.1) is 0 Å². The third-order valence-corrected chi connectivity index (χ3v) is 4.64. The molecule has 114 valence electrons. The lowest BCUT2D eigenvalue weighted by Gasteiger charge is -2.40. The highest BCUT2D eigenvalue weighted by Crippen LogP contribution is 2.22. The summed E-state index contributed by atoms with van der Waals surface area (Å²) in [7, 11) is 0. The third-order valence-electron chi connectivity index (χ3n) is 4.64. The van der Waals surface area contributed by atoms with Crippen molar-refractivity contribution in [2.24, 2.45) is 0 Å². The molecule has 3 rings (SSSR count). The van der Waals surface area contributed by atoms with Gasteiger partial charge in [-0.3, -0.25) is 4.90 Å². The van der Waals surface area contributed by atoms with Gasteiger partial charge in [-0.25, -0.2) is 0 Å². The highest BCUT2D eigenvalue weighted by atomic mass is 15.3. The van der Waals surface area contributed by atoms with E-state index in [0.717, 1.165) is 45.0 Å². The molecule has 4 nitrogen and oxygen atoms in total. The first-order chi connectivity index (χ1) is 10.3. The molecule has 0 aliphatic carbocycles. The zero-order valence-corrected chi connectivity index (χ0v) is 13.0. The van der Waals surface area contributed by atoms with Crippen molar-refractivity contribution in [3.8, 4) is 0 Å². The van der Waals surface area contributed by atoms with Crippen molar-refractivity contribution in [2.75, 3.05) is 56.4 Å². The predicted octanol–water partition coefficient (Wildman–Crippen LogP) is 2.00. The van der Waals surface area contributed by atoms with Gasteiger partial charge in [0.2, 0.25) is 0 Å². The van der Waals surface area contributed by atoms with Crippen LogP contribution < -0.4 is 10.6 Å². The van der Waals surface area contributed by atoms with Gasteiger partial charge >= 0.3 is 0 Å². The standard InChI is InChI=1S/C17H26N4/c1-2-19-8-6-16(7-9-19)20-10-12-21(13-11-20)17-5-3-4-15(18)14-17/h3-6,14H,2,7-13,18H2,1H3. The Hall–Kier alpha value is -1.68. The summed E-state index contributed by atoms with van der Waals surface area (Å²) in [6, 6.07) is 8.23. The molecule has 0 aromatic heterocycles. The van der Waals surface area contributed by atoms with E-state index in [1.807, 2.05) is 12.1 Å². The van der Waals surface area contributed by atoms with E-state index < -0.39 is 0 Å². The smallest absolute Gasteiger partial charge is 0.0388 e. The number of hydrogen-bond acceptors (Lipinski definition) is 4. The molecule has 1 aromatic carbocycles. The van der Waals surface area contributed by atoms with Gasteiger partial charge in [0, 0.05) is 56.3 Å². The largest absolute Gasteiger partial charge is 0.399 e. The van der Waals surface area contributed by atoms with Crippen LogP contribution in [0.4, 0.5) is 11.4 Å². The molecule has 2 heterocycles. The molecule has 21 heavy (non-hydrogen) atoms. The van der Waals surface area contributed by atoms with Crippen molar-refractivity contribution >= 4 is 11.4 Å². The van der Waals surface area contributed by atoms with Gasteiger partial charge in [-0.15, -0.1) is 0 Å². The second kappa shape index (κ2) is 6.39. The Labute approximate surface area is 127 Å². The Kier molecular flexibility index (Phi) is 4.34. The van der Waals surface area contributed by atoms with Crippen molar-refractivity contribution < 1.29 is 0 Å². The number of nitrogens with two attached hydrogens (primary N) is 1. The van der Waals surface area contributed by atoms with Crippen molar-refractivity contribution in [1.29, 1.82) is 0 Å². The van der Waals surface area contributed by atoms with Gasteiger partial charge in [-0.1, -0.05) is 19.1 Å². The summed E-state index contributed by atoms with van der Waals surface area (Å²) in [6.07, 6.45) is 3.62. The van der Waals surface area contributed by atoms with E-state index in [9.17, 15) is 0 Å². The lowest BCUT2D eigenvalue weighted by atomic mass is 10.1. The molecule has 1 saturated heterocycles. The summed E-state index contributed by atoms with van der Waals surface area (Å²) in [4.78, 5) is 7.50. The lowest BCUT2D eigenvalue weighted by Crippen LogP contribution is -2.47. The minimum atomic E-state index is 0.851. The molecule has 1 fully saturated rings. The molecular weight excluding hydrogens is 260 g/mol. The minimum Gasteiger partial charge on any atom is -0.399 e. The summed E-state index contributed by atoms with van der Waals surface area (Å²) in [6.45, 7) is 10.1. The maximum Gasteiger partial charge on any atom is 0.0388 e. The fourth-order valence-corrected chi connectivity index (χ4v) is 3.25. The highest BCUT2D eigenvalue weighted by molar-refractivity contribution is 5.56. The molecule has 2 N–H and O–H groups in total. The van der Waals surface area contributed by atoms with Crippen molar-refractivity contribution in [3.05, 3.63) is 36.0 Å². The topological polar surface area (TPSA) is 35.7 Å². The van der Waals surface area contributed by atoms with Gasteiger partial charge in [-0.05, 0) is 31.2 Å². The molecule has 0 radical (unpaired) electrons. The molecule has 0 atom stereocenters. The maximum absolute atomic E-state index is 5.88. The van der Waals surface area contributed by atoms with E-state index in [1.165, 1.54) is 18.7 Å². The van der Waals surface area contributed by atoms with Crippen LogP contribution in [0.2, 0.25) is 0 Å². The molecular formula is C17H26N4. The van der Waals surface area contributed by atoms with Gasteiger partial charge in [-0.2, -0.15) is 0 Å². The Morgan fingerprint density at radius 3 is 2.43 bits per heavy atom.